The molecule has 6 nitrogen and oxygen atoms in total. The van der Waals surface area contributed by atoms with Crippen LogP contribution in [0.25, 0.3) is 0 Å². The van der Waals surface area contributed by atoms with Crippen LogP contribution in [0, 0.1) is 11.3 Å². The van der Waals surface area contributed by atoms with Crippen molar-refractivity contribution in [1.29, 1.82) is 0 Å². The Balaban J connectivity index is 1.23. The Morgan fingerprint density at radius 2 is 1.78 bits per heavy atom. The quantitative estimate of drug-likeness (QED) is 0.512. The van der Waals surface area contributed by atoms with Crippen LogP contribution >= 0.6 is 11.6 Å². The summed E-state index contributed by atoms with van der Waals surface area (Å²) >= 11 is 6.32. The number of halogens is 1. The number of pyridine rings is 1. The maximum atomic E-state index is 14.0. The lowest BCUT2D eigenvalue weighted by Crippen LogP contribution is -2.53. The molecule has 0 aliphatic carbocycles. The number of aromatic nitrogens is 1. The highest BCUT2D eigenvalue weighted by Crippen LogP contribution is 2.46. The molecule has 6 rings (SSSR count). The maximum absolute atomic E-state index is 14.0. The Hall–Kier alpha value is -3.22. The number of carbonyl (C=O) groups excluding carboxylic acids is 2. The zero-order valence-corrected chi connectivity index (χ0v) is 20.9. The number of benzene rings is 2. The van der Waals surface area contributed by atoms with E-state index in [1.807, 2.05) is 48.8 Å². The minimum atomic E-state index is -0.112. The molecule has 7 heteroatoms. The summed E-state index contributed by atoms with van der Waals surface area (Å²) in [6.45, 7) is 3.98. The topological polar surface area (TPSA) is 65.5 Å². The monoisotopic (exact) mass is 500 g/mol. The number of rotatable bonds is 4. The molecule has 2 saturated heterocycles. The molecule has 0 bridgehead atoms. The van der Waals surface area contributed by atoms with Gasteiger partial charge in [-0.15, -0.1) is 0 Å². The van der Waals surface area contributed by atoms with Crippen molar-refractivity contribution in [2.45, 2.75) is 25.8 Å². The number of nitrogens with one attached hydrogen (secondary N) is 1. The van der Waals surface area contributed by atoms with E-state index in [1.165, 1.54) is 5.69 Å². The average molecular weight is 501 g/mol. The van der Waals surface area contributed by atoms with Gasteiger partial charge in [0.05, 0.1) is 17.1 Å². The smallest absolute Gasteiger partial charge is 0.260 e. The number of piperidine rings is 2. The number of amides is 1. The van der Waals surface area contributed by atoms with Gasteiger partial charge in [0.1, 0.15) is 0 Å². The Morgan fingerprint density at radius 1 is 1.00 bits per heavy atom. The van der Waals surface area contributed by atoms with E-state index in [4.69, 9.17) is 11.6 Å². The minimum Gasteiger partial charge on any atom is -0.371 e. The summed E-state index contributed by atoms with van der Waals surface area (Å²) in [5, 5.41) is 3.95. The molecule has 0 radical (unpaired) electrons. The molecule has 0 saturated carbocycles. The lowest BCUT2D eigenvalue weighted by atomic mass is 9.62. The van der Waals surface area contributed by atoms with E-state index >= 15 is 0 Å². The molecule has 1 spiro atoms. The lowest BCUT2D eigenvalue weighted by Gasteiger charge is -2.49. The summed E-state index contributed by atoms with van der Waals surface area (Å²) in [7, 11) is 0. The van der Waals surface area contributed by atoms with Crippen molar-refractivity contribution in [3.63, 3.8) is 0 Å². The molecule has 1 unspecified atom stereocenters. The third kappa shape index (κ3) is 3.98. The van der Waals surface area contributed by atoms with Gasteiger partial charge in [-0.05, 0) is 67.1 Å². The van der Waals surface area contributed by atoms with Crippen molar-refractivity contribution in [2.75, 3.05) is 36.0 Å². The zero-order valence-electron chi connectivity index (χ0n) is 20.1. The molecule has 1 N–H and O–H groups in total. The summed E-state index contributed by atoms with van der Waals surface area (Å²) in [6.07, 6.45) is 6.66. The fourth-order valence-electron chi connectivity index (χ4n) is 6.26. The van der Waals surface area contributed by atoms with E-state index in [-0.39, 0.29) is 23.0 Å². The van der Waals surface area contributed by atoms with Crippen LogP contribution in [0.3, 0.4) is 0 Å². The van der Waals surface area contributed by atoms with Crippen molar-refractivity contribution < 1.29 is 9.59 Å². The van der Waals surface area contributed by atoms with Crippen molar-refractivity contribution in [1.82, 2.24) is 10.3 Å². The van der Waals surface area contributed by atoms with Crippen LogP contribution in [0.2, 0.25) is 5.02 Å². The number of ketones is 1. The Bertz CT molecular complexity index is 1300. The second-order valence-electron chi connectivity index (χ2n) is 10.1. The number of fused-ring (bicyclic) bond motifs is 1. The van der Waals surface area contributed by atoms with Crippen molar-refractivity contribution >= 4 is 34.7 Å². The number of nitrogens with zero attached hydrogens (tertiary/aromatic N) is 3. The molecule has 36 heavy (non-hydrogen) atoms. The zero-order chi connectivity index (χ0) is 24.7. The molecule has 2 aromatic carbocycles. The van der Waals surface area contributed by atoms with Crippen molar-refractivity contribution in [3.05, 3.63) is 88.7 Å². The molecule has 1 atom stereocenters. The van der Waals surface area contributed by atoms with Gasteiger partial charge < -0.3 is 15.1 Å². The maximum Gasteiger partial charge on any atom is 0.260 e. The van der Waals surface area contributed by atoms with Crippen LogP contribution < -0.4 is 15.1 Å². The van der Waals surface area contributed by atoms with Crippen LogP contribution in [0.15, 0.2) is 67.0 Å². The van der Waals surface area contributed by atoms with Gasteiger partial charge in [0, 0.05) is 54.9 Å². The predicted molar refractivity (Wildman–Crippen MR) is 142 cm³/mol. The van der Waals surface area contributed by atoms with Crippen LogP contribution in [-0.2, 0) is 6.54 Å². The van der Waals surface area contributed by atoms with Crippen LogP contribution in [0.5, 0.6) is 0 Å². The summed E-state index contributed by atoms with van der Waals surface area (Å²) in [4.78, 5) is 35.3. The lowest BCUT2D eigenvalue weighted by molar-refractivity contribution is 0.0523. The Kier molecular flexibility index (Phi) is 6.02. The molecule has 1 amide bonds. The van der Waals surface area contributed by atoms with E-state index in [0.717, 1.165) is 50.1 Å². The fourth-order valence-corrected chi connectivity index (χ4v) is 6.54. The van der Waals surface area contributed by atoms with E-state index < -0.39 is 0 Å². The number of hydrogen-bond acceptors (Lipinski definition) is 5. The number of hydrogen-bond donors (Lipinski definition) is 1. The molecule has 3 aliphatic rings. The largest absolute Gasteiger partial charge is 0.371 e. The molecule has 3 aromatic rings. The van der Waals surface area contributed by atoms with Gasteiger partial charge in [-0.25, -0.2) is 0 Å². The molecule has 184 valence electrons. The van der Waals surface area contributed by atoms with E-state index in [9.17, 15) is 9.59 Å². The van der Waals surface area contributed by atoms with E-state index in [1.54, 1.807) is 11.0 Å². The second-order valence-corrected chi connectivity index (χ2v) is 10.5. The highest BCUT2D eigenvalue weighted by Gasteiger charge is 2.46. The van der Waals surface area contributed by atoms with Crippen molar-refractivity contribution in [2.24, 2.45) is 11.3 Å². The van der Waals surface area contributed by atoms with Crippen LogP contribution in [0.4, 0.5) is 11.4 Å². The SMILES string of the molecule is O=C(c1cccc(N2Cc3cccc(Cl)c3C2=O)c1)C1CNCCC12CCN(c1ccncc1)CC2. The van der Waals surface area contributed by atoms with Crippen LogP contribution in [0.1, 0.15) is 45.5 Å². The average Bonchev–Trinajstić information content (AvgIpc) is 3.27. The van der Waals surface area contributed by atoms with E-state index in [0.29, 0.717) is 29.2 Å². The van der Waals surface area contributed by atoms with Gasteiger partial charge in [-0.1, -0.05) is 35.9 Å². The standard InChI is InChI=1S/C29H29ClN4O2/c30-25-6-2-4-21-19-34(28(36)26(21)25)23-5-1-3-20(17-23)27(35)24-18-32-14-9-29(24)10-15-33(16-11-29)22-7-12-31-13-8-22/h1-8,12-13,17,24,32H,9-11,14-16,18-19H2. The third-order valence-electron chi connectivity index (χ3n) is 8.32. The first-order valence-electron chi connectivity index (χ1n) is 12.6. The first-order chi connectivity index (χ1) is 17.6. The fraction of sp³-hybridized carbons (Fsp3) is 0.345. The molecule has 4 heterocycles. The predicted octanol–water partition coefficient (Wildman–Crippen LogP) is 4.97. The van der Waals surface area contributed by atoms with Gasteiger partial charge >= 0.3 is 0 Å². The van der Waals surface area contributed by atoms with Gasteiger partial charge in [-0.2, -0.15) is 0 Å². The Labute approximate surface area is 216 Å². The first kappa shape index (κ1) is 23.2. The van der Waals surface area contributed by atoms with Crippen molar-refractivity contribution in [3.8, 4) is 0 Å². The third-order valence-corrected chi connectivity index (χ3v) is 8.64. The molecular weight excluding hydrogens is 472 g/mol. The summed E-state index contributed by atoms with van der Waals surface area (Å²) in [5.74, 6) is -0.0231. The van der Waals surface area contributed by atoms with Gasteiger partial charge in [0.25, 0.3) is 5.91 Å². The normalized spacial score (nSPS) is 21.0. The second kappa shape index (κ2) is 9.34. The summed E-state index contributed by atoms with van der Waals surface area (Å²) < 4.78 is 0. The van der Waals surface area contributed by atoms with Gasteiger partial charge in [-0.3, -0.25) is 14.6 Å². The molecule has 2 fully saturated rings. The number of carbonyl (C=O) groups is 2. The summed E-state index contributed by atoms with van der Waals surface area (Å²) in [6, 6.07) is 17.2. The Morgan fingerprint density at radius 3 is 2.56 bits per heavy atom. The molecular formula is C29H29ClN4O2. The first-order valence-corrected chi connectivity index (χ1v) is 13.0. The summed E-state index contributed by atoms with van der Waals surface area (Å²) in [5.41, 5.74) is 4.08. The van der Waals surface area contributed by atoms with E-state index in [2.05, 4.69) is 27.3 Å². The highest BCUT2D eigenvalue weighted by molar-refractivity contribution is 6.35. The van der Waals surface area contributed by atoms with Gasteiger partial charge in [0.15, 0.2) is 5.78 Å². The number of anilines is 2. The minimum absolute atomic E-state index is 0.00487. The highest BCUT2D eigenvalue weighted by atomic mass is 35.5. The molecule has 3 aliphatic heterocycles. The molecule has 1 aromatic heterocycles. The van der Waals surface area contributed by atoms with Crippen LogP contribution in [-0.4, -0.2) is 42.9 Å². The van der Waals surface area contributed by atoms with Gasteiger partial charge in [0.2, 0.25) is 0 Å². The number of Topliss-reactive ketones (excluding diaryl/α,β-unsaturated/α-hetero) is 1.